The molecule has 14 N–H and O–H groups in total. The van der Waals surface area contributed by atoms with E-state index in [9.17, 15) is 83.1 Å². The fourth-order valence-electron chi connectivity index (χ4n) is 9.20. The van der Waals surface area contributed by atoms with Gasteiger partial charge in [0.1, 0.15) is 11.5 Å². The van der Waals surface area contributed by atoms with Crippen LogP contribution in [0.3, 0.4) is 0 Å². The Balaban J connectivity index is 1.56. The molecule has 43 heteroatoms. The summed E-state index contributed by atoms with van der Waals surface area (Å²) in [6, 6.07) is 8.40. The molecule has 2 amide bonds. The van der Waals surface area contributed by atoms with Crippen LogP contribution in [0, 0.1) is 0 Å². The molecule has 0 unspecified atom stereocenters. The smallest absolute Gasteiger partial charge is 0.264 e. The van der Waals surface area contributed by atoms with Gasteiger partial charge in [0.15, 0.2) is 28.8 Å². The maximum Gasteiger partial charge on any atom is 0.264 e. The number of nitrogens with zero attached hydrogens (tertiary/aromatic N) is 2. The van der Waals surface area contributed by atoms with Gasteiger partial charge in [-0.1, -0.05) is 0 Å². The van der Waals surface area contributed by atoms with Crippen molar-refractivity contribution in [2.45, 2.75) is 110 Å². The van der Waals surface area contributed by atoms with Gasteiger partial charge in [0.05, 0.1) is 93.1 Å². The van der Waals surface area contributed by atoms with Crippen LogP contribution in [0.15, 0.2) is 58.4 Å². The molecule has 0 bridgehead atoms. The summed E-state index contributed by atoms with van der Waals surface area (Å²) in [5.41, 5.74) is 8.44. The topological polar surface area (TPSA) is 576 Å². The van der Waals surface area contributed by atoms with Gasteiger partial charge >= 0.3 is 0 Å². The number of carbonyl (C=O) groups is 3. The van der Waals surface area contributed by atoms with Crippen molar-refractivity contribution in [2.75, 3.05) is 127 Å². The van der Waals surface area contributed by atoms with E-state index in [1.165, 1.54) is 37.4 Å². The number of nitrogens with one attached hydrogen (secondary N) is 4. The number of Topliss-reactive ketones (excluding diaryl/α,β-unsaturated/α-hetero) is 1. The monoisotopic (exact) mass is 1610 g/mol. The lowest BCUT2D eigenvalue weighted by atomic mass is 10.0. The van der Waals surface area contributed by atoms with E-state index in [2.05, 4.69) is 31.4 Å². The van der Waals surface area contributed by atoms with Gasteiger partial charge in [-0.3, -0.25) is 46.7 Å². The fourth-order valence-corrected chi connectivity index (χ4v) is 12.1. The molecule has 0 aliphatic carbocycles. The maximum atomic E-state index is 13.5. The molecule has 0 aromatic heterocycles. The van der Waals surface area contributed by atoms with Crippen LogP contribution in [0.4, 0.5) is 0 Å². The van der Waals surface area contributed by atoms with Gasteiger partial charge in [0.2, 0.25) is 11.5 Å². The highest BCUT2D eigenvalue weighted by Crippen LogP contribution is 2.41. The van der Waals surface area contributed by atoms with E-state index in [0.29, 0.717) is 106 Å². The van der Waals surface area contributed by atoms with Gasteiger partial charge in [-0.05, 0) is 160 Å². The molecule has 3 aromatic carbocycles. The predicted molar refractivity (Wildman–Crippen MR) is 389 cm³/mol. The van der Waals surface area contributed by atoms with Crippen molar-refractivity contribution in [3.05, 3.63) is 70.5 Å². The lowest BCUT2D eigenvalue weighted by Gasteiger charge is -2.19. The van der Waals surface area contributed by atoms with Gasteiger partial charge in [0, 0.05) is 66.5 Å². The molecule has 3 aromatic rings. The first-order valence-electron chi connectivity index (χ1n) is 33.3. The molecule has 0 spiro atoms. The van der Waals surface area contributed by atoms with Crippen LogP contribution in [-0.4, -0.2) is 234 Å². The summed E-state index contributed by atoms with van der Waals surface area (Å²) >= 11 is 0. The highest BCUT2D eigenvalue weighted by atomic mass is 32.2. The minimum Gasteiger partial charge on any atom is -0.493 e. The minimum atomic E-state index is -4.37. The summed E-state index contributed by atoms with van der Waals surface area (Å²) < 4.78 is 238. The number of allylic oxidation sites excluding steroid dienone is 1. The summed E-state index contributed by atoms with van der Waals surface area (Å²) in [5.74, 6) is 0.283. The summed E-state index contributed by atoms with van der Waals surface area (Å²) in [7, 11) is -24.3. The molecule has 0 heterocycles. The number of benzene rings is 3. The Morgan fingerprint density at radius 3 is 1.13 bits per heavy atom. The summed E-state index contributed by atoms with van der Waals surface area (Å²) in [5, 5.41) is 15.6. The number of hydrazone groups is 1. The van der Waals surface area contributed by atoms with Crippen LogP contribution in [-0.2, 0) is 67.1 Å². The number of nitrogens with two attached hydrogens (primary N) is 2. The Kier molecular flexibility index (Phi) is 41.3. The number of rotatable bonds is 59. The molecule has 0 saturated carbocycles. The van der Waals surface area contributed by atoms with E-state index in [1.54, 1.807) is 18.3 Å². The quantitative estimate of drug-likeness (QED) is 0.00961. The highest BCUT2D eigenvalue weighted by molar-refractivity contribution is 7.86. The Bertz CT molecular complexity index is 3950. The second kappa shape index (κ2) is 47.3. The van der Waals surface area contributed by atoms with E-state index < -0.39 is 107 Å². The molecule has 0 saturated heterocycles. The van der Waals surface area contributed by atoms with Crippen LogP contribution in [0.25, 0.3) is 0 Å². The van der Waals surface area contributed by atoms with Crippen LogP contribution in [0.2, 0.25) is 0 Å². The fraction of sp³-hybridized carbons (Fsp3) is 0.597. The maximum absolute atomic E-state index is 13.5. The van der Waals surface area contributed by atoms with E-state index in [-0.39, 0.29) is 156 Å². The Labute approximate surface area is 613 Å². The number of hydrogen-bond donors (Lipinski definition) is 12. The molecular weight excluding hydrogens is 1510 g/mol. The van der Waals surface area contributed by atoms with Gasteiger partial charge < -0.3 is 70.7 Å². The number of unbranched alkanes of at least 4 members (excludes halogenated alkanes) is 2. The Hall–Kier alpha value is -7.43. The van der Waals surface area contributed by atoms with Gasteiger partial charge in [-0.15, -0.1) is 0 Å². The third kappa shape index (κ3) is 43.1. The molecule has 0 radical (unpaired) electrons. The molecule has 105 heavy (non-hydrogen) atoms. The molecule has 37 nitrogen and oxygen atoms in total. The standard InChI is InChI=1S/C62H98N8O29S6/c1-46(71)47-38-53(92-24-5-3-16-50(63)44-66-20-8-22-68-61(72)48-40-55(94-26-10-32-100(74,75)76)59(98-30-14-36-104(86,87)88)56(41-48)95-27-11-33-101(77,78)79)52(18-7-19-65-2)54(39-47)93-25-6-4-17-51(70-64)45-67-21-9-23-69-62(73)49-42-57(96-28-12-34-102(80,81)82)60(99-31-15-37-105(89,90)91)58(43-49)97-29-13-35-103(83,84)85/h38-45,65-66H,3-37,63-64H2,1-2H3,(H,68,72)(H,69,73)(H,74,75,76)(H,77,78,79)(H,80,81,82)(H,83,84,85)(H,86,87,88)(H,89,90,91)/b50-44-,67-45?,70-51?. The number of carbonyl (C=O) groups excluding carboxylic acids is 3. The Morgan fingerprint density at radius 1 is 0.429 bits per heavy atom. The van der Waals surface area contributed by atoms with Crippen molar-refractivity contribution in [2.24, 2.45) is 21.7 Å². The molecule has 0 atom stereocenters. The van der Waals surface area contributed by atoms with Gasteiger partial charge in [0.25, 0.3) is 72.5 Å². The number of amides is 2. The molecule has 3 rings (SSSR count). The van der Waals surface area contributed by atoms with Crippen LogP contribution >= 0.6 is 0 Å². The van der Waals surface area contributed by atoms with E-state index in [4.69, 9.17) is 58.6 Å². The van der Waals surface area contributed by atoms with Crippen molar-refractivity contribution in [1.82, 2.24) is 21.3 Å². The molecule has 0 fully saturated rings. The minimum absolute atomic E-state index is 0.0331. The molecular formula is C62H98N8O29S6. The van der Waals surface area contributed by atoms with Crippen molar-refractivity contribution in [3.8, 4) is 46.0 Å². The van der Waals surface area contributed by atoms with Gasteiger partial charge in [-0.2, -0.15) is 55.6 Å². The number of hydrogen-bond acceptors (Lipinski definition) is 29. The van der Waals surface area contributed by atoms with Crippen molar-refractivity contribution < 1.29 is 130 Å². The predicted octanol–water partition coefficient (Wildman–Crippen LogP) is 3.49. The average molecular weight is 1610 g/mol. The molecule has 596 valence electrons. The van der Waals surface area contributed by atoms with Crippen molar-refractivity contribution >= 4 is 90.2 Å². The zero-order chi connectivity index (χ0) is 78.1. The zero-order valence-electron chi connectivity index (χ0n) is 58.4. The largest absolute Gasteiger partial charge is 0.493 e. The van der Waals surface area contributed by atoms with Crippen molar-refractivity contribution in [1.29, 1.82) is 0 Å². The van der Waals surface area contributed by atoms with E-state index in [0.717, 1.165) is 12.0 Å². The first-order chi connectivity index (χ1) is 49.4. The normalized spacial score (nSPS) is 12.6. The number of ether oxygens (including phenoxy) is 8. The highest BCUT2D eigenvalue weighted by Gasteiger charge is 2.24. The van der Waals surface area contributed by atoms with E-state index >= 15 is 0 Å². The Morgan fingerprint density at radius 2 is 0.771 bits per heavy atom. The van der Waals surface area contributed by atoms with Crippen LogP contribution in [0.1, 0.15) is 140 Å². The lowest BCUT2D eigenvalue weighted by Crippen LogP contribution is -2.26. The average Bonchev–Trinajstić information content (AvgIpc) is 0.828. The third-order valence-electron chi connectivity index (χ3n) is 14.2. The second-order valence-electron chi connectivity index (χ2n) is 23.4. The first-order valence-corrected chi connectivity index (χ1v) is 42.9. The summed E-state index contributed by atoms with van der Waals surface area (Å²) in [6.07, 6.45) is 7.33. The molecule has 0 aliphatic heterocycles. The molecule has 0 aliphatic rings. The second-order valence-corrected chi connectivity index (χ2v) is 32.8. The SMILES string of the molecule is CNCCCc1c(OCCCCC(C=NCCCNC(=O)c2cc(OCCCS(=O)(=O)O)c(OCCCS(=O)(=O)O)c(OCCCS(=O)(=O)O)c2)=NN)cc(C(C)=O)cc1OCCCC/C(N)=C/NCCCNC(=O)c1cc(OCCCS(=O)(=O)O)c(OCCCS(=O)(=O)O)c(OCCCS(=O)(=O)O)c1. The number of ketones is 1. The number of aliphatic imine (C=N–C) groups is 1. The van der Waals surface area contributed by atoms with Crippen LogP contribution < -0.4 is 70.7 Å². The van der Waals surface area contributed by atoms with Gasteiger partial charge in [-0.25, -0.2) is 0 Å². The summed E-state index contributed by atoms with van der Waals surface area (Å²) in [4.78, 5) is 44.1. The lowest BCUT2D eigenvalue weighted by molar-refractivity contribution is 0.0944. The van der Waals surface area contributed by atoms with Crippen LogP contribution in [0.5, 0.6) is 46.0 Å². The first kappa shape index (κ1) is 91.8. The third-order valence-corrected chi connectivity index (χ3v) is 19.1. The van der Waals surface area contributed by atoms with Crippen molar-refractivity contribution in [3.63, 3.8) is 0 Å². The van der Waals surface area contributed by atoms with E-state index in [1.807, 2.05) is 7.05 Å². The zero-order valence-corrected chi connectivity index (χ0v) is 63.3. The summed E-state index contributed by atoms with van der Waals surface area (Å²) in [6.45, 7) is 1.68.